The predicted molar refractivity (Wildman–Crippen MR) is 55.3 cm³/mol. The third-order valence-corrected chi connectivity index (χ3v) is 2.25. The summed E-state index contributed by atoms with van der Waals surface area (Å²) in [7, 11) is 0. The third-order valence-electron chi connectivity index (χ3n) is 2.25. The minimum atomic E-state index is -0.221. The number of hydrogen-bond donors (Lipinski definition) is 0. The number of halogens is 1. The van der Waals surface area contributed by atoms with Crippen molar-refractivity contribution in [2.75, 3.05) is 0 Å². The van der Waals surface area contributed by atoms with Crippen molar-refractivity contribution in [1.29, 1.82) is 0 Å². The molecule has 0 saturated heterocycles. The lowest BCUT2D eigenvalue weighted by Crippen LogP contribution is -2.09. The van der Waals surface area contributed by atoms with E-state index in [0.29, 0.717) is 5.56 Å². The van der Waals surface area contributed by atoms with Gasteiger partial charge in [-0.25, -0.2) is 4.39 Å². The average molecular weight is 190 g/mol. The van der Waals surface area contributed by atoms with Crippen LogP contribution in [0.3, 0.4) is 0 Å². The first-order chi connectivity index (χ1) is 6.77. The van der Waals surface area contributed by atoms with E-state index in [-0.39, 0.29) is 5.82 Å². The molecule has 1 aromatic rings. The van der Waals surface area contributed by atoms with Gasteiger partial charge in [0.1, 0.15) is 5.82 Å². The highest BCUT2D eigenvalue weighted by atomic mass is 19.1. The molecule has 2 rings (SSSR count). The second kappa shape index (κ2) is 3.70. The first-order valence-electron chi connectivity index (χ1n) is 4.62. The van der Waals surface area contributed by atoms with Gasteiger partial charge in [0.15, 0.2) is 0 Å². The van der Waals surface area contributed by atoms with Gasteiger partial charge < -0.3 is 0 Å². The zero-order valence-electron chi connectivity index (χ0n) is 8.00. The van der Waals surface area contributed by atoms with Crippen LogP contribution in [0.4, 0.5) is 4.39 Å². The Labute approximate surface area is 82.2 Å². The van der Waals surface area contributed by atoms with E-state index in [0.717, 1.165) is 24.3 Å². The molecular weight excluding hydrogens is 179 g/mol. The van der Waals surface area contributed by atoms with Crippen molar-refractivity contribution in [2.24, 2.45) is 10.2 Å². The molecule has 1 aromatic carbocycles. The molecule has 0 saturated carbocycles. The van der Waals surface area contributed by atoms with Crippen molar-refractivity contribution in [2.45, 2.75) is 19.8 Å². The summed E-state index contributed by atoms with van der Waals surface area (Å²) in [6.45, 7) is 1.93. The van der Waals surface area contributed by atoms with E-state index in [9.17, 15) is 4.39 Å². The summed E-state index contributed by atoms with van der Waals surface area (Å²) in [5, 5.41) is 7.97. The molecule has 0 bridgehead atoms. The lowest BCUT2D eigenvalue weighted by molar-refractivity contribution is 0.624. The lowest BCUT2D eigenvalue weighted by atomic mass is 10.0. The number of benzene rings is 1. The van der Waals surface area contributed by atoms with Gasteiger partial charge in [0.25, 0.3) is 0 Å². The predicted octanol–water partition coefficient (Wildman–Crippen LogP) is 2.78. The first kappa shape index (κ1) is 9.06. The van der Waals surface area contributed by atoms with Crippen LogP contribution in [0.2, 0.25) is 0 Å². The standard InChI is InChI=1S/C11H11FN2/c1-8-6-7-11(14-13-8)9-4-2-3-5-10(9)12/h2-5H,6-7H2,1H3. The molecule has 72 valence electrons. The molecule has 2 nitrogen and oxygen atoms in total. The van der Waals surface area contributed by atoms with E-state index < -0.39 is 0 Å². The molecule has 0 amide bonds. The molecule has 0 aliphatic carbocycles. The minimum absolute atomic E-state index is 0.221. The maximum atomic E-state index is 13.3. The molecule has 3 heteroatoms. The molecule has 0 atom stereocenters. The zero-order valence-corrected chi connectivity index (χ0v) is 8.00. The van der Waals surface area contributed by atoms with Crippen molar-refractivity contribution < 1.29 is 4.39 Å². The van der Waals surface area contributed by atoms with Crippen LogP contribution < -0.4 is 0 Å². The zero-order chi connectivity index (χ0) is 9.97. The van der Waals surface area contributed by atoms with E-state index in [1.807, 2.05) is 13.0 Å². The van der Waals surface area contributed by atoms with Crippen LogP contribution in [0.25, 0.3) is 0 Å². The fraction of sp³-hybridized carbons (Fsp3) is 0.273. The van der Waals surface area contributed by atoms with E-state index in [4.69, 9.17) is 0 Å². The molecule has 1 heterocycles. The molecule has 0 spiro atoms. The van der Waals surface area contributed by atoms with Crippen LogP contribution in [0.15, 0.2) is 34.5 Å². The largest absolute Gasteiger partial charge is 0.206 e. The Morgan fingerprint density at radius 1 is 1.14 bits per heavy atom. The number of hydrogen-bond acceptors (Lipinski definition) is 2. The molecule has 1 aliphatic heterocycles. The number of rotatable bonds is 1. The summed E-state index contributed by atoms with van der Waals surface area (Å²) in [4.78, 5) is 0. The highest BCUT2D eigenvalue weighted by Crippen LogP contribution is 2.15. The van der Waals surface area contributed by atoms with Crippen molar-refractivity contribution in [3.63, 3.8) is 0 Å². The van der Waals surface area contributed by atoms with E-state index in [1.165, 1.54) is 6.07 Å². The Morgan fingerprint density at radius 2 is 1.93 bits per heavy atom. The van der Waals surface area contributed by atoms with Crippen LogP contribution in [0.5, 0.6) is 0 Å². The van der Waals surface area contributed by atoms with Crippen LogP contribution in [-0.2, 0) is 0 Å². The highest BCUT2D eigenvalue weighted by Gasteiger charge is 2.12. The highest BCUT2D eigenvalue weighted by molar-refractivity contribution is 6.04. The lowest BCUT2D eigenvalue weighted by Gasteiger charge is -2.09. The minimum Gasteiger partial charge on any atom is -0.206 e. The molecule has 0 radical (unpaired) electrons. The second-order valence-corrected chi connectivity index (χ2v) is 3.36. The van der Waals surface area contributed by atoms with Gasteiger partial charge in [-0.05, 0) is 25.8 Å². The van der Waals surface area contributed by atoms with E-state index >= 15 is 0 Å². The van der Waals surface area contributed by atoms with Crippen molar-refractivity contribution in [1.82, 2.24) is 0 Å². The summed E-state index contributed by atoms with van der Waals surface area (Å²) in [5.41, 5.74) is 2.32. The molecule has 1 aliphatic rings. The topological polar surface area (TPSA) is 24.7 Å². The molecule has 0 fully saturated rings. The van der Waals surface area contributed by atoms with Gasteiger partial charge in [-0.3, -0.25) is 0 Å². The normalized spacial score (nSPS) is 16.1. The van der Waals surface area contributed by atoms with Crippen LogP contribution in [-0.4, -0.2) is 11.4 Å². The third kappa shape index (κ3) is 1.71. The quantitative estimate of drug-likeness (QED) is 0.650. The van der Waals surface area contributed by atoms with Crippen molar-refractivity contribution in [3.05, 3.63) is 35.6 Å². The summed E-state index contributed by atoms with van der Waals surface area (Å²) < 4.78 is 13.3. The monoisotopic (exact) mass is 190 g/mol. The molecule has 0 N–H and O–H groups in total. The Balaban J connectivity index is 2.37. The maximum absolute atomic E-state index is 13.3. The summed E-state index contributed by atoms with van der Waals surface area (Å²) in [6, 6.07) is 6.68. The van der Waals surface area contributed by atoms with Crippen molar-refractivity contribution in [3.8, 4) is 0 Å². The Morgan fingerprint density at radius 3 is 2.57 bits per heavy atom. The summed E-state index contributed by atoms with van der Waals surface area (Å²) in [6.07, 6.45) is 1.64. The van der Waals surface area contributed by atoms with Gasteiger partial charge >= 0.3 is 0 Å². The van der Waals surface area contributed by atoms with Gasteiger partial charge in [-0.15, -0.1) is 0 Å². The Bertz CT molecular complexity index is 408. The fourth-order valence-electron chi connectivity index (χ4n) is 1.43. The summed E-state index contributed by atoms with van der Waals surface area (Å²) in [5.74, 6) is -0.221. The molecule has 0 unspecified atom stereocenters. The fourth-order valence-corrected chi connectivity index (χ4v) is 1.43. The maximum Gasteiger partial charge on any atom is 0.132 e. The smallest absolute Gasteiger partial charge is 0.132 e. The molecular formula is C11H11FN2. The number of nitrogens with zero attached hydrogens (tertiary/aromatic N) is 2. The van der Waals surface area contributed by atoms with Crippen LogP contribution >= 0.6 is 0 Å². The van der Waals surface area contributed by atoms with E-state index in [1.54, 1.807) is 12.1 Å². The average Bonchev–Trinajstić information content (AvgIpc) is 2.20. The van der Waals surface area contributed by atoms with Gasteiger partial charge in [0.05, 0.1) is 5.71 Å². The van der Waals surface area contributed by atoms with Gasteiger partial charge in [-0.2, -0.15) is 10.2 Å². The summed E-state index contributed by atoms with van der Waals surface area (Å²) >= 11 is 0. The van der Waals surface area contributed by atoms with Crippen molar-refractivity contribution >= 4 is 11.4 Å². The molecule has 0 aromatic heterocycles. The molecule has 14 heavy (non-hydrogen) atoms. The van der Waals surface area contributed by atoms with Gasteiger partial charge in [-0.1, -0.05) is 18.2 Å². The van der Waals surface area contributed by atoms with Crippen LogP contribution in [0.1, 0.15) is 25.3 Å². The SMILES string of the molecule is CC1=NN=C(c2ccccc2F)CC1. The Kier molecular flexibility index (Phi) is 2.39. The van der Waals surface area contributed by atoms with E-state index in [2.05, 4.69) is 10.2 Å². The Hall–Kier alpha value is -1.51. The van der Waals surface area contributed by atoms with Gasteiger partial charge in [0.2, 0.25) is 0 Å². The van der Waals surface area contributed by atoms with Gasteiger partial charge in [0, 0.05) is 11.3 Å². The first-order valence-corrected chi connectivity index (χ1v) is 4.62. The van der Waals surface area contributed by atoms with Crippen LogP contribution in [0, 0.1) is 5.82 Å². The second-order valence-electron chi connectivity index (χ2n) is 3.36.